The molecule has 2 aromatic carbocycles. The van der Waals surface area contributed by atoms with Gasteiger partial charge < -0.3 is 14.6 Å². The van der Waals surface area contributed by atoms with Crippen LogP contribution in [0.25, 0.3) is 22.7 Å². The highest BCUT2D eigenvalue weighted by molar-refractivity contribution is 6.31. The van der Waals surface area contributed by atoms with Gasteiger partial charge in [-0.25, -0.2) is 9.18 Å². The SMILES string of the molecule is CCN(CC)c1c(/C=C/C(=O)O)n(-c2ccccc2)c2cc(Cl)c(F)cc12. The fraction of sp³-hybridized carbons (Fsp3) is 0.190. The third-order valence-corrected chi connectivity index (χ3v) is 4.79. The van der Waals surface area contributed by atoms with Gasteiger partial charge >= 0.3 is 5.97 Å². The number of nitrogens with zero attached hydrogens (tertiary/aromatic N) is 2. The first-order valence-electron chi connectivity index (χ1n) is 8.72. The van der Waals surface area contributed by atoms with Crippen LogP contribution in [0.4, 0.5) is 10.1 Å². The zero-order chi connectivity index (χ0) is 19.6. The van der Waals surface area contributed by atoms with Crippen LogP contribution in [0, 0.1) is 5.82 Å². The number of halogens is 2. The summed E-state index contributed by atoms with van der Waals surface area (Å²) >= 11 is 6.07. The molecule has 1 aromatic heterocycles. The van der Waals surface area contributed by atoms with Crippen LogP contribution in [0.2, 0.25) is 5.02 Å². The zero-order valence-electron chi connectivity index (χ0n) is 15.1. The summed E-state index contributed by atoms with van der Waals surface area (Å²) < 4.78 is 16.2. The third-order valence-electron chi connectivity index (χ3n) is 4.50. The van der Waals surface area contributed by atoms with E-state index in [0.29, 0.717) is 24.2 Å². The molecule has 0 atom stereocenters. The molecule has 0 saturated carbocycles. The fourth-order valence-corrected chi connectivity index (χ4v) is 3.47. The lowest BCUT2D eigenvalue weighted by Crippen LogP contribution is -2.22. The molecule has 0 unspecified atom stereocenters. The predicted molar refractivity (Wildman–Crippen MR) is 108 cm³/mol. The number of carboxylic acids is 1. The second kappa shape index (κ2) is 7.84. The first-order chi connectivity index (χ1) is 13.0. The van der Waals surface area contributed by atoms with Crippen LogP contribution in [0.15, 0.2) is 48.5 Å². The molecule has 0 spiro atoms. The van der Waals surface area contributed by atoms with Crippen LogP contribution < -0.4 is 4.90 Å². The van der Waals surface area contributed by atoms with Crippen molar-refractivity contribution in [2.75, 3.05) is 18.0 Å². The van der Waals surface area contributed by atoms with E-state index < -0.39 is 11.8 Å². The first-order valence-corrected chi connectivity index (χ1v) is 9.10. The zero-order valence-corrected chi connectivity index (χ0v) is 15.9. The molecule has 27 heavy (non-hydrogen) atoms. The number of aromatic nitrogens is 1. The van der Waals surface area contributed by atoms with Gasteiger partial charge in [0.15, 0.2) is 0 Å². The van der Waals surface area contributed by atoms with Gasteiger partial charge in [0.1, 0.15) is 5.82 Å². The molecule has 0 fully saturated rings. The lowest BCUT2D eigenvalue weighted by atomic mass is 10.2. The summed E-state index contributed by atoms with van der Waals surface area (Å²) in [5.41, 5.74) is 3.02. The van der Waals surface area contributed by atoms with E-state index in [4.69, 9.17) is 16.7 Å². The van der Waals surface area contributed by atoms with E-state index in [0.717, 1.165) is 23.0 Å². The number of rotatable bonds is 6. The molecular formula is C21H20ClFN2O2. The van der Waals surface area contributed by atoms with Crippen molar-refractivity contribution in [2.45, 2.75) is 13.8 Å². The van der Waals surface area contributed by atoms with Gasteiger partial charge in [-0.15, -0.1) is 0 Å². The third kappa shape index (κ3) is 3.55. The van der Waals surface area contributed by atoms with Crippen molar-refractivity contribution in [3.63, 3.8) is 0 Å². The predicted octanol–water partition coefficient (Wildman–Crippen LogP) is 5.37. The standard InChI is InChI=1S/C21H20ClFN2O2/c1-3-24(4-2)21-15-12-17(23)16(22)13-19(15)25(14-8-6-5-7-9-14)18(21)10-11-20(26)27/h5-13H,3-4H2,1-2H3,(H,26,27)/b11-10+. The molecule has 1 heterocycles. The summed E-state index contributed by atoms with van der Waals surface area (Å²) in [7, 11) is 0. The number of para-hydroxylation sites is 1. The lowest BCUT2D eigenvalue weighted by molar-refractivity contribution is -0.131. The van der Waals surface area contributed by atoms with E-state index >= 15 is 0 Å². The molecule has 0 aliphatic carbocycles. The molecule has 0 bridgehead atoms. The Morgan fingerprint density at radius 2 is 1.89 bits per heavy atom. The van der Waals surface area contributed by atoms with E-state index in [1.165, 1.54) is 6.07 Å². The minimum Gasteiger partial charge on any atom is -0.478 e. The summed E-state index contributed by atoms with van der Waals surface area (Å²) in [4.78, 5) is 13.3. The summed E-state index contributed by atoms with van der Waals surface area (Å²) in [6, 6.07) is 12.5. The molecule has 0 aliphatic rings. The number of carboxylic acid groups (broad SMARTS) is 1. The van der Waals surface area contributed by atoms with E-state index in [1.54, 1.807) is 12.1 Å². The molecule has 0 amide bonds. The van der Waals surface area contributed by atoms with E-state index in [9.17, 15) is 9.18 Å². The van der Waals surface area contributed by atoms with Gasteiger partial charge in [-0.1, -0.05) is 29.8 Å². The maximum Gasteiger partial charge on any atom is 0.328 e. The molecular weight excluding hydrogens is 367 g/mol. The van der Waals surface area contributed by atoms with E-state index in [-0.39, 0.29) is 5.02 Å². The molecule has 140 valence electrons. The summed E-state index contributed by atoms with van der Waals surface area (Å²) in [6.45, 7) is 5.41. The minimum atomic E-state index is -1.05. The maximum atomic E-state index is 14.3. The number of anilines is 1. The topological polar surface area (TPSA) is 45.5 Å². The van der Waals surface area contributed by atoms with Crippen LogP contribution in [0.3, 0.4) is 0 Å². The van der Waals surface area contributed by atoms with Crippen molar-refractivity contribution < 1.29 is 14.3 Å². The summed E-state index contributed by atoms with van der Waals surface area (Å²) in [6.07, 6.45) is 2.65. The highest BCUT2D eigenvalue weighted by Crippen LogP contribution is 2.39. The van der Waals surface area contributed by atoms with Crippen molar-refractivity contribution in [3.8, 4) is 5.69 Å². The molecule has 3 rings (SSSR count). The Hall–Kier alpha value is -2.79. The highest BCUT2D eigenvalue weighted by atomic mass is 35.5. The highest BCUT2D eigenvalue weighted by Gasteiger charge is 2.22. The van der Waals surface area contributed by atoms with Gasteiger partial charge in [0.2, 0.25) is 0 Å². The average Bonchev–Trinajstić information content (AvgIpc) is 2.95. The number of benzene rings is 2. The van der Waals surface area contributed by atoms with Gasteiger partial charge in [0.25, 0.3) is 0 Å². The molecule has 0 aliphatic heterocycles. The number of fused-ring (bicyclic) bond motifs is 1. The molecule has 4 nitrogen and oxygen atoms in total. The number of hydrogen-bond donors (Lipinski definition) is 1. The molecule has 0 saturated heterocycles. The van der Waals surface area contributed by atoms with Crippen LogP contribution >= 0.6 is 11.6 Å². The summed E-state index contributed by atoms with van der Waals surface area (Å²) in [5, 5.41) is 9.87. The minimum absolute atomic E-state index is 0.0250. The van der Waals surface area contributed by atoms with Crippen molar-refractivity contribution in [2.24, 2.45) is 0 Å². The Morgan fingerprint density at radius 1 is 1.22 bits per heavy atom. The second-order valence-corrected chi connectivity index (χ2v) is 6.44. The monoisotopic (exact) mass is 386 g/mol. The smallest absolute Gasteiger partial charge is 0.328 e. The second-order valence-electron chi connectivity index (χ2n) is 6.03. The Balaban J connectivity index is 2.47. The molecule has 1 N–H and O–H groups in total. The van der Waals surface area contributed by atoms with Crippen molar-refractivity contribution in [1.29, 1.82) is 0 Å². The quantitative estimate of drug-likeness (QED) is 0.579. The largest absolute Gasteiger partial charge is 0.478 e. The Labute approximate surface area is 162 Å². The molecule has 6 heteroatoms. The van der Waals surface area contributed by atoms with Gasteiger partial charge in [0, 0.05) is 30.2 Å². The summed E-state index contributed by atoms with van der Waals surface area (Å²) in [5.74, 6) is -1.55. The van der Waals surface area contributed by atoms with Gasteiger partial charge in [-0.05, 0) is 44.2 Å². The van der Waals surface area contributed by atoms with E-state index in [2.05, 4.69) is 4.90 Å². The van der Waals surface area contributed by atoms with Crippen LogP contribution in [0.1, 0.15) is 19.5 Å². The lowest BCUT2D eigenvalue weighted by Gasteiger charge is -2.22. The van der Waals surface area contributed by atoms with Crippen molar-refractivity contribution in [1.82, 2.24) is 4.57 Å². The number of hydrogen-bond acceptors (Lipinski definition) is 2. The van der Waals surface area contributed by atoms with Gasteiger partial charge in [-0.3, -0.25) is 0 Å². The van der Waals surface area contributed by atoms with E-state index in [1.807, 2.05) is 48.7 Å². The fourth-order valence-electron chi connectivity index (χ4n) is 3.32. The maximum absolute atomic E-state index is 14.3. The van der Waals surface area contributed by atoms with Crippen molar-refractivity contribution >= 4 is 40.2 Å². The van der Waals surface area contributed by atoms with Gasteiger partial charge in [0.05, 0.1) is 21.9 Å². The normalized spacial score (nSPS) is 11.4. The van der Waals surface area contributed by atoms with Gasteiger partial charge in [-0.2, -0.15) is 0 Å². The Morgan fingerprint density at radius 3 is 2.48 bits per heavy atom. The number of aliphatic carboxylic acids is 1. The van der Waals surface area contributed by atoms with Crippen LogP contribution in [-0.2, 0) is 4.79 Å². The van der Waals surface area contributed by atoms with Crippen LogP contribution in [0.5, 0.6) is 0 Å². The number of carbonyl (C=O) groups is 1. The Kier molecular flexibility index (Phi) is 5.51. The average molecular weight is 387 g/mol. The molecule has 0 radical (unpaired) electrons. The first kappa shape index (κ1) is 19.0. The molecule has 3 aromatic rings. The van der Waals surface area contributed by atoms with Crippen LogP contribution in [-0.4, -0.2) is 28.7 Å². The van der Waals surface area contributed by atoms with Crippen molar-refractivity contribution in [3.05, 3.63) is 65.1 Å². The Bertz CT molecular complexity index is 1010.